The molecule has 5 rings (SSSR count). The minimum absolute atomic E-state index is 0.0781. The second-order valence-electron chi connectivity index (χ2n) is 12.9. The van der Waals surface area contributed by atoms with Crippen LogP contribution in [0, 0.1) is 17.8 Å². The summed E-state index contributed by atoms with van der Waals surface area (Å²) >= 11 is 0. The number of ether oxygens (including phenoxy) is 2. The molecule has 10 heteroatoms. The zero-order valence-corrected chi connectivity index (χ0v) is 26.8. The second-order valence-corrected chi connectivity index (χ2v) is 12.9. The number of cyclic esters (lactones) is 1. The van der Waals surface area contributed by atoms with Gasteiger partial charge in [0, 0.05) is 19.0 Å². The van der Waals surface area contributed by atoms with Crippen LogP contribution >= 0.6 is 0 Å². The van der Waals surface area contributed by atoms with E-state index in [0.717, 1.165) is 12.8 Å². The zero-order chi connectivity index (χ0) is 32.3. The number of benzene rings is 1. The minimum Gasteiger partial charge on any atom is -0.455 e. The van der Waals surface area contributed by atoms with Gasteiger partial charge in [-0.2, -0.15) is 0 Å². The van der Waals surface area contributed by atoms with E-state index in [-0.39, 0.29) is 43.3 Å². The van der Waals surface area contributed by atoms with Crippen molar-refractivity contribution < 1.29 is 33.8 Å². The Balaban J connectivity index is 1.62. The van der Waals surface area contributed by atoms with Gasteiger partial charge < -0.3 is 29.7 Å². The summed E-state index contributed by atoms with van der Waals surface area (Å²) in [4.78, 5) is 59.5. The van der Waals surface area contributed by atoms with Crippen LogP contribution in [0.5, 0.6) is 0 Å². The lowest BCUT2D eigenvalue weighted by atomic mass is 9.77. The van der Waals surface area contributed by atoms with Crippen molar-refractivity contribution in [3.05, 3.63) is 60.2 Å². The maximum Gasteiger partial charge on any atom is 0.313 e. The molecular weight excluding hydrogens is 574 g/mol. The number of esters is 1. The molecule has 0 aliphatic carbocycles. The third-order valence-corrected chi connectivity index (χ3v) is 10.1. The fraction of sp³-hybridized carbons (Fsp3) is 0.600. The van der Waals surface area contributed by atoms with E-state index in [0.29, 0.717) is 24.9 Å². The smallest absolute Gasteiger partial charge is 0.313 e. The third kappa shape index (κ3) is 6.06. The van der Waals surface area contributed by atoms with Gasteiger partial charge in [-0.25, -0.2) is 0 Å². The van der Waals surface area contributed by atoms with Crippen LogP contribution in [0.1, 0.15) is 71.5 Å². The predicted molar refractivity (Wildman–Crippen MR) is 167 cm³/mol. The Bertz CT molecular complexity index is 1320. The minimum atomic E-state index is -1.44. The van der Waals surface area contributed by atoms with Crippen molar-refractivity contribution in [1.82, 2.24) is 15.1 Å². The molecule has 0 saturated carbocycles. The summed E-state index contributed by atoms with van der Waals surface area (Å²) < 4.78 is 12.9. The molecule has 0 radical (unpaired) electrons. The molecule has 1 spiro atoms. The van der Waals surface area contributed by atoms with E-state index in [9.17, 15) is 24.3 Å². The lowest BCUT2D eigenvalue weighted by Gasteiger charge is -2.41. The Morgan fingerprint density at radius 2 is 1.82 bits per heavy atom. The number of carbonyl (C=O) groups is 4. The van der Waals surface area contributed by atoms with Crippen LogP contribution in [0.4, 0.5) is 0 Å². The average molecular weight is 622 g/mol. The predicted octanol–water partition coefficient (Wildman–Crippen LogP) is 3.31. The zero-order valence-electron chi connectivity index (χ0n) is 26.8. The maximum atomic E-state index is 14.7. The molecule has 1 aromatic rings. The third-order valence-electron chi connectivity index (χ3n) is 10.1. The standard InChI is InChI=1S/C35H47N3O7/c1-5-13-23(4)37-19-12-18-35-30(32(41)38(31(35)33(37)42)25(21-39)22(3)6-2)29-26(45-35)16-10-11-17-28(40)36-20-27(44-34(29)43)24-14-8-7-9-15-24/h7-10,12,14-16,18,22-23,25-27,29-31,39H,5-6,11,13,17,19-21H2,1-4H3,(H,36,40)/b16-10-/t22-,23?,25-,26-,27+,29+,30+,31-,35+/m0/s1. The van der Waals surface area contributed by atoms with Crippen molar-refractivity contribution in [2.24, 2.45) is 17.8 Å². The number of carbonyl (C=O) groups excluding carboxylic acids is 4. The van der Waals surface area contributed by atoms with Gasteiger partial charge in [0.1, 0.15) is 23.7 Å². The number of nitrogens with zero attached hydrogens (tertiary/aromatic N) is 2. The van der Waals surface area contributed by atoms with Gasteiger partial charge in [0.15, 0.2) is 0 Å². The van der Waals surface area contributed by atoms with Crippen LogP contribution < -0.4 is 5.32 Å². The highest BCUT2D eigenvalue weighted by molar-refractivity contribution is 5.99. The number of fused-ring (bicyclic) bond motifs is 2. The van der Waals surface area contributed by atoms with Crippen molar-refractivity contribution in [3.8, 4) is 0 Å². The summed E-state index contributed by atoms with van der Waals surface area (Å²) in [6, 6.07) is 7.41. The molecule has 3 amide bonds. The number of nitrogens with one attached hydrogen (secondary N) is 1. The van der Waals surface area contributed by atoms with Crippen molar-refractivity contribution in [3.63, 3.8) is 0 Å². The van der Waals surface area contributed by atoms with E-state index in [1.54, 1.807) is 17.1 Å². The molecule has 0 bridgehead atoms. The van der Waals surface area contributed by atoms with Gasteiger partial charge in [-0.3, -0.25) is 19.2 Å². The molecule has 1 aromatic carbocycles. The first-order valence-corrected chi connectivity index (χ1v) is 16.5. The topological polar surface area (TPSA) is 125 Å². The number of hydrogen-bond acceptors (Lipinski definition) is 7. The highest BCUT2D eigenvalue weighted by Gasteiger charge is 2.72. The van der Waals surface area contributed by atoms with Crippen LogP contribution in [0.15, 0.2) is 54.6 Å². The SMILES string of the molecule is CCCC(C)N1CC=C[C@@]23O[C@H]4/C=C\CCC(=O)NC[C@H](c5ccccc5)OC(=O)[C@H]4[C@@H]2C(=O)N([C@@H](CO)[C@@H](C)CC)[C@H]3C1=O. The maximum absolute atomic E-state index is 14.7. The highest BCUT2D eigenvalue weighted by Crippen LogP contribution is 2.54. The molecule has 244 valence electrons. The van der Waals surface area contributed by atoms with Crippen molar-refractivity contribution in [1.29, 1.82) is 0 Å². The largest absolute Gasteiger partial charge is 0.455 e. The Labute approximate surface area is 265 Å². The number of amides is 3. The van der Waals surface area contributed by atoms with E-state index in [1.807, 2.05) is 63.3 Å². The number of rotatable bonds is 8. The van der Waals surface area contributed by atoms with E-state index < -0.39 is 53.6 Å². The van der Waals surface area contributed by atoms with Gasteiger partial charge in [0.05, 0.1) is 31.2 Å². The van der Waals surface area contributed by atoms with Crippen molar-refractivity contribution in [2.75, 3.05) is 19.7 Å². The molecule has 1 unspecified atom stereocenters. The Kier molecular flexibility index (Phi) is 10.1. The van der Waals surface area contributed by atoms with E-state index in [2.05, 4.69) is 12.2 Å². The Morgan fingerprint density at radius 1 is 1.07 bits per heavy atom. The monoisotopic (exact) mass is 621 g/mol. The normalized spacial score (nSPS) is 33.0. The van der Waals surface area contributed by atoms with Gasteiger partial charge in [-0.05, 0) is 31.2 Å². The molecule has 4 heterocycles. The highest BCUT2D eigenvalue weighted by atomic mass is 16.6. The van der Waals surface area contributed by atoms with E-state index in [1.165, 1.54) is 4.90 Å². The lowest BCUT2D eigenvalue weighted by molar-refractivity contribution is -0.161. The van der Waals surface area contributed by atoms with Crippen molar-refractivity contribution in [2.45, 2.75) is 95.7 Å². The molecule has 2 N–H and O–H groups in total. The van der Waals surface area contributed by atoms with Crippen LogP contribution in [-0.2, 0) is 28.7 Å². The van der Waals surface area contributed by atoms with Gasteiger partial charge >= 0.3 is 5.97 Å². The quantitative estimate of drug-likeness (QED) is 0.337. The van der Waals surface area contributed by atoms with E-state index >= 15 is 0 Å². The molecular formula is C35H47N3O7. The van der Waals surface area contributed by atoms with Crippen LogP contribution in [0.3, 0.4) is 0 Å². The molecule has 2 saturated heterocycles. The van der Waals surface area contributed by atoms with Gasteiger partial charge in [-0.15, -0.1) is 0 Å². The molecule has 45 heavy (non-hydrogen) atoms. The summed E-state index contributed by atoms with van der Waals surface area (Å²) in [6.45, 7) is 8.12. The number of allylic oxidation sites excluding steroid dienone is 1. The Hall–Kier alpha value is -3.50. The first kappa shape index (κ1) is 32.9. The summed E-state index contributed by atoms with van der Waals surface area (Å²) in [6.07, 6.45) is 8.60. The van der Waals surface area contributed by atoms with Gasteiger partial charge in [0.2, 0.25) is 17.7 Å². The molecule has 10 nitrogen and oxygen atoms in total. The van der Waals surface area contributed by atoms with Crippen LogP contribution in [-0.4, -0.2) is 88.1 Å². The van der Waals surface area contributed by atoms with E-state index in [4.69, 9.17) is 9.47 Å². The molecule has 4 aliphatic heterocycles. The van der Waals surface area contributed by atoms with Crippen LogP contribution in [0.25, 0.3) is 0 Å². The number of likely N-dealkylation sites (tertiary alicyclic amines) is 1. The number of hydrogen-bond donors (Lipinski definition) is 2. The summed E-state index contributed by atoms with van der Waals surface area (Å²) in [5.41, 5.74) is -0.728. The molecule has 0 aromatic heterocycles. The van der Waals surface area contributed by atoms with Gasteiger partial charge in [0.25, 0.3) is 0 Å². The summed E-state index contributed by atoms with van der Waals surface area (Å²) in [5, 5.41) is 13.5. The Morgan fingerprint density at radius 3 is 2.51 bits per heavy atom. The first-order chi connectivity index (χ1) is 21.7. The lowest BCUT2D eigenvalue weighted by Crippen LogP contribution is -2.60. The second kappa shape index (κ2) is 13.9. The van der Waals surface area contributed by atoms with Crippen molar-refractivity contribution >= 4 is 23.7 Å². The summed E-state index contributed by atoms with van der Waals surface area (Å²) in [7, 11) is 0. The summed E-state index contributed by atoms with van der Waals surface area (Å²) in [5.74, 6) is -3.63. The molecule has 9 atom stereocenters. The van der Waals surface area contributed by atoms with Gasteiger partial charge in [-0.1, -0.05) is 88.2 Å². The van der Waals surface area contributed by atoms with Crippen LogP contribution in [0.2, 0.25) is 0 Å². The number of aliphatic hydroxyl groups is 1. The number of aliphatic hydroxyl groups excluding tert-OH is 1. The first-order valence-electron chi connectivity index (χ1n) is 16.5. The fourth-order valence-electron chi connectivity index (χ4n) is 7.51. The average Bonchev–Trinajstić information content (AvgIpc) is 3.42. The molecule has 4 aliphatic rings. The fourth-order valence-corrected chi connectivity index (χ4v) is 7.51. The molecule has 2 fully saturated rings.